The van der Waals surface area contributed by atoms with E-state index in [1.165, 1.54) is 11.3 Å². The number of rotatable bonds is 11. The molecule has 0 amide bonds. The monoisotopic (exact) mass is 578 g/mol. The smallest absolute Gasteiger partial charge is 0.125 e. The fourth-order valence-electron chi connectivity index (χ4n) is 6.36. The largest absolute Gasteiger partial charge is 0.508 e. The van der Waals surface area contributed by atoms with E-state index < -0.39 is 0 Å². The molecule has 1 aliphatic rings. The molecule has 0 radical (unpaired) electrons. The second-order valence-electron chi connectivity index (χ2n) is 11.2. The van der Waals surface area contributed by atoms with E-state index in [9.17, 15) is 10.2 Å². The van der Waals surface area contributed by atoms with Gasteiger partial charge in [0.1, 0.15) is 11.5 Å². The molecule has 0 bridgehead atoms. The molecule has 0 aromatic heterocycles. The zero-order chi connectivity index (χ0) is 30.3. The van der Waals surface area contributed by atoms with Gasteiger partial charge in [-0.25, -0.2) is 0 Å². The first-order valence-corrected chi connectivity index (χ1v) is 15.8. The number of nitrogens with zero attached hydrogens (tertiary/aromatic N) is 4. The molecular formula is C37H46N4O2. The van der Waals surface area contributed by atoms with Crippen molar-refractivity contribution in [2.24, 2.45) is 0 Å². The predicted octanol–water partition coefficient (Wildman–Crippen LogP) is 7.37. The lowest BCUT2D eigenvalue weighted by Gasteiger charge is -2.39. The first kappa shape index (κ1) is 30.1. The van der Waals surface area contributed by atoms with Crippen LogP contribution in [-0.4, -0.2) is 62.6 Å². The predicted molar refractivity (Wildman–Crippen MR) is 182 cm³/mol. The zero-order valence-electron chi connectivity index (χ0n) is 26.1. The van der Waals surface area contributed by atoms with Crippen LogP contribution in [0.5, 0.6) is 11.5 Å². The van der Waals surface area contributed by atoms with Crippen molar-refractivity contribution in [2.45, 2.75) is 34.1 Å². The Bertz CT molecular complexity index is 1500. The topological polar surface area (TPSA) is 53.4 Å². The van der Waals surface area contributed by atoms with E-state index in [1.807, 2.05) is 18.2 Å². The molecule has 6 heteroatoms. The number of benzene rings is 4. The summed E-state index contributed by atoms with van der Waals surface area (Å²) in [6.07, 6.45) is 0.687. The van der Waals surface area contributed by atoms with Crippen LogP contribution in [0.3, 0.4) is 0 Å². The third-order valence-corrected chi connectivity index (χ3v) is 8.84. The van der Waals surface area contributed by atoms with Crippen molar-refractivity contribution >= 4 is 22.7 Å². The maximum Gasteiger partial charge on any atom is 0.125 e. The molecule has 1 saturated heterocycles. The van der Waals surface area contributed by atoms with Gasteiger partial charge in [-0.05, 0) is 69.2 Å². The van der Waals surface area contributed by atoms with E-state index in [-0.39, 0.29) is 0 Å². The van der Waals surface area contributed by atoms with E-state index in [1.54, 1.807) is 0 Å². The molecule has 4 aromatic carbocycles. The van der Waals surface area contributed by atoms with Crippen LogP contribution in [0.4, 0.5) is 22.7 Å². The maximum absolute atomic E-state index is 11.1. The van der Waals surface area contributed by atoms with Gasteiger partial charge in [0.2, 0.25) is 0 Å². The summed E-state index contributed by atoms with van der Waals surface area (Å²) in [4.78, 5) is 9.39. The molecule has 6 nitrogen and oxygen atoms in total. The molecule has 1 heterocycles. The lowest BCUT2D eigenvalue weighted by atomic mass is 9.99. The molecule has 226 valence electrons. The van der Waals surface area contributed by atoms with Crippen molar-refractivity contribution in [1.82, 2.24) is 0 Å². The highest BCUT2D eigenvalue weighted by atomic mass is 16.3. The fraction of sp³-hybridized carbons (Fsp3) is 0.351. The number of hydrogen-bond donors (Lipinski definition) is 2. The van der Waals surface area contributed by atoms with E-state index in [2.05, 4.69) is 114 Å². The van der Waals surface area contributed by atoms with Gasteiger partial charge in [0.15, 0.2) is 0 Å². The molecule has 1 aliphatic heterocycles. The van der Waals surface area contributed by atoms with Crippen LogP contribution >= 0.6 is 0 Å². The summed E-state index contributed by atoms with van der Waals surface area (Å²) in [5, 5.41) is 22.0. The average Bonchev–Trinajstić information content (AvgIpc) is 3.04. The first-order chi connectivity index (χ1) is 21.0. The van der Waals surface area contributed by atoms with Crippen LogP contribution in [-0.2, 0) is 6.42 Å². The number of aromatic hydroxyl groups is 2. The van der Waals surface area contributed by atoms with E-state index >= 15 is 0 Å². The van der Waals surface area contributed by atoms with Crippen molar-refractivity contribution in [3.63, 3.8) is 0 Å². The molecule has 2 N–H and O–H groups in total. The maximum atomic E-state index is 11.1. The summed E-state index contributed by atoms with van der Waals surface area (Å²) >= 11 is 0. The normalized spacial score (nSPS) is 13.3. The Morgan fingerprint density at radius 1 is 0.535 bits per heavy atom. The number of anilines is 4. The minimum Gasteiger partial charge on any atom is -0.508 e. The standard InChI is InChI=1S/C37H46N4O2/c1-5-38(6-2)30-18-17-29(36(42)26-30)25-28-13-9-11-15-34(28)40-21-23-41(24-22-40)35-16-12-10-14-32(35)33-20-19-31(27-37(33)43)39(7-3)8-4/h9-20,26-27,42-43H,5-8,21-25H2,1-4H3. The Balaban J connectivity index is 1.32. The molecule has 0 atom stereocenters. The van der Waals surface area contributed by atoms with Crippen molar-refractivity contribution < 1.29 is 10.2 Å². The summed E-state index contributed by atoms with van der Waals surface area (Å²) < 4.78 is 0. The van der Waals surface area contributed by atoms with E-state index in [0.29, 0.717) is 17.9 Å². The number of piperazine rings is 1. The molecule has 4 aromatic rings. The van der Waals surface area contributed by atoms with Crippen molar-refractivity contribution in [2.75, 3.05) is 72.0 Å². The highest BCUT2D eigenvalue weighted by Gasteiger charge is 2.23. The highest BCUT2D eigenvalue weighted by Crippen LogP contribution is 2.39. The summed E-state index contributed by atoms with van der Waals surface area (Å²) in [7, 11) is 0. The van der Waals surface area contributed by atoms with Gasteiger partial charge in [0.05, 0.1) is 0 Å². The van der Waals surface area contributed by atoms with Gasteiger partial charge in [-0.1, -0.05) is 42.5 Å². The number of phenolic OH excluding ortho intramolecular Hbond substituents is 2. The molecule has 0 unspecified atom stereocenters. The van der Waals surface area contributed by atoms with Crippen LogP contribution in [0.15, 0.2) is 84.9 Å². The summed E-state index contributed by atoms with van der Waals surface area (Å²) in [6.45, 7) is 15.7. The van der Waals surface area contributed by atoms with Crippen LogP contribution in [0.25, 0.3) is 11.1 Å². The number of para-hydroxylation sites is 2. The average molecular weight is 579 g/mol. The van der Waals surface area contributed by atoms with Crippen molar-refractivity contribution in [1.29, 1.82) is 0 Å². The molecule has 0 aliphatic carbocycles. The quantitative estimate of drug-likeness (QED) is 0.194. The third kappa shape index (κ3) is 6.53. The van der Waals surface area contributed by atoms with Crippen LogP contribution in [0.1, 0.15) is 38.8 Å². The molecule has 5 rings (SSSR count). The molecule has 43 heavy (non-hydrogen) atoms. The van der Waals surface area contributed by atoms with Gasteiger partial charge >= 0.3 is 0 Å². The van der Waals surface area contributed by atoms with Crippen LogP contribution in [0, 0.1) is 0 Å². The molecule has 0 saturated carbocycles. The number of hydrogen-bond acceptors (Lipinski definition) is 6. The zero-order valence-corrected chi connectivity index (χ0v) is 26.1. The van der Waals surface area contributed by atoms with Gasteiger partial charge in [0, 0.05) is 105 Å². The Labute approximate surface area is 257 Å². The van der Waals surface area contributed by atoms with Crippen molar-refractivity contribution in [3.05, 3.63) is 96.1 Å². The van der Waals surface area contributed by atoms with Gasteiger partial charge in [-0.15, -0.1) is 0 Å². The molecule has 1 fully saturated rings. The Morgan fingerprint density at radius 2 is 1.05 bits per heavy atom. The van der Waals surface area contributed by atoms with Gasteiger partial charge in [-0.2, -0.15) is 0 Å². The van der Waals surface area contributed by atoms with Gasteiger partial charge in [0.25, 0.3) is 0 Å². The summed E-state index contributed by atoms with van der Waals surface area (Å²) in [5.74, 6) is 0.673. The number of phenols is 2. The Hall–Kier alpha value is -4.32. The highest BCUT2D eigenvalue weighted by molar-refractivity contribution is 5.83. The summed E-state index contributed by atoms with van der Waals surface area (Å²) in [6, 6.07) is 29.1. The minimum absolute atomic E-state index is 0.317. The van der Waals surface area contributed by atoms with Gasteiger partial charge < -0.3 is 29.8 Å². The van der Waals surface area contributed by atoms with Gasteiger partial charge in [-0.3, -0.25) is 0 Å². The third-order valence-electron chi connectivity index (χ3n) is 8.84. The fourth-order valence-corrected chi connectivity index (χ4v) is 6.36. The second-order valence-corrected chi connectivity index (χ2v) is 11.2. The molecular weight excluding hydrogens is 532 g/mol. The minimum atomic E-state index is 0.317. The lowest BCUT2D eigenvalue weighted by Crippen LogP contribution is -2.47. The molecule has 0 spiro atoms. The lowest BCUT2D eigenvalue weighted by molar-refractivity contribution is 0.469. The van der Waals surface area contributed by atoms with Crippen LogP contribution < -0.4 is 19.6 Å². The van der Waals surface area contributed by atoms with E-state index in [4.69, 9.17) is 0 Å². The van der Waals surface area contributed by atoms with Crippen LogP contribution in [0.2, 0.25) is 0 Å². The second kappa shape index (κ2) is 13.8. The summed E-state index contributed by atoms with van der Waals surface area (Å²) in [5.41, 5.74) is 8.58. The van der Waals surface area contributed by atoms with Crippen molar-refractivity contribution in [3.8, 4) is 22.6 Å². The first-order valence-electron chi connectivity index (χ1n) is 15.8. The Morgan fingerprint density at radius 3 is 1.63 bits per heavy atom. The van der Waals surface area contributed by atoms with E-state index in [0.717, 1.165) is 86.1 Å². The Kier molecular flexibility index (Phi) is 9.65. The SMILES string of the molecule is CCN(CC)c1ccc(Cc2ccccc2N2CCN(c3ccccc3-c3ccc(N(CC)CC)cc3O)CC2)c(O)c1.